The van der Waals surface area contributed by atoms with E-state index in [0.29, 0.717) is 0 Å². The molecular formula is C22H37I. The third-order valence-electron chi connectivity index (χ3n) is 4.73. The van der Waals surface area contributed by atoms with Crippen LogP contribution in [0.2, 0.25) is 0 Å². The summed E-state index contributed by atoms with van der Waals surface area (Å²) in [5.74, 6) is 0. The first-order valence-corrected chi connectivity index (χ1v) is 11.5. The van der Waals surface area contributed by atoms with Crippen LogP contribution in [0.5, 0.6) is 0 Å². The van der Waals surface area contributed by atoms with Crippen molar-refractivity contribution in [3.63, 3.8) is 0 Å². The summed E-state index contributed by atoms with van der Waals surface area (Å²) in [7, 11) is 0. The number of rotatable bonds is 15. The third kappa shape index (κ3) is 12.0. The first kappa shape index (κ1) is 21.0. The lowest BCUT2D eigenvalue weighted by Crippen LogP contribution is -1.89. The Balaban J connectivity index is 1.87. The van der Waals surface area contributed by atoms with Gasteiger partial charge in [-0.15, -0.1) is 0 Å². The van der Waals surface area contributed by atoms with Crippen molar-refractivity contribution in [2.24, 2.45) is 0 Å². The highest BCUT2D eigenvalue weighted by molar-refractivity contribution is 14.1. The predicted molar refractivity (Wildman–Crippen MR) is 114 cm³/mol. The maximum atomic E-state index is 2.45. The molecule has 0 spiro atoms. The lowest BCUT2D eigenvalue weighted by Gasteiger charge is -2.04. The molecule has 0 atom stereocenters. The quantitative estimate of drug-likeness (QED) is 0.151. The summed E-state index contributed by atoms with van der Waals surface area (Å²) in [5.41, 5.74) is 3.01. The van der Waals surface area contributed by atoms with Crippen molar-refractivity contribution in [2.75, 3.05) is 4.43 Å². The molecule has 1 rings (SSSR count). The van der Waals surface area contributed by atoms with Crippen molar-refractivity contribution in [3.8, 4) is 0 Å². The van der Waals surface area contributed by atoms with Gasteiger partial charge in [0.05, 0.1) is 0 Å². The van der Waals surface area contributed by atoms with Crippen molar-refractivity contribution < 1.29 is 0 Å². The highest BCUT2D eigenvalue weighted by Gasteiger charge is 1.96. The Hall–Kier alpha value is -0.0500. The standard InChI is InChI=1S/C22H37I/c1-2-3-4-5-6-7-8-9-10-11-12-13-14-21-15-17-22(18-16-21)19-20-23/h15-18H,2-14,19-20H2,1H3. The Labute approximate surface area is 159 Å². The lowest BCUT2D eigenvalue weighted by atomic mass is 10.0. The highest BCUT2D eigenvalue weighted by Crippen LogP contribution is 2.14. The molecule has 0 aliphatic carbocycles. The summed E-state index contributed by atoms with van der Waals surface area (Å²) in [6, 6.07) is 9.30. The van der Waals surface area contributed by atoms with Gasteiger partial charge in [0, 0.05) is 4.43 Å². The van der Waals surface area contributed by atoms with Crippen molar-refractivity contribution >= 4 is 22.6 Å². The van der Waals surface area contributed by atoms with Crippen LogP contribution in [0.4, 0.5) is 0 Å². The van der Waals surface area contributed by atoms with E-state index in [1.54, 1.807) is 0 Å². The Bertz CT molecular complexity index is 355. The molecule has 0 amide bonds. The zero-order chi connectivity index (χ0) is 16.6. The smallest absolute Gasteiger partial charge is 0.00358 e. The van der Waals surface area contributed by atoms with Crippen LogP contribution in [0.25, 0.3) is 0 Å². The lowest BCUT2D eigenvalue weighted by molar-refractivity contribution is 0.544. The molecule has 0 bridgehead atoms. The van der Waals surface area contributed by atoms with Crippen LogP contribution in [0.3, 0.4) is 0 Å². The molecule has 0 N–H and O–H groups in total. The van der Waals surface area contributed by atoms with E-state index in [0.717, 1.165) is 0 Å². The van der Waals surface area contributed by atoms with Gasteiger partial charge < -0.3 is 0 Å². The molecular weight excluding hydrogens is 391 g/mol. The first-order chi connectivity index (χ1) is 11.4. The molecule has 0 nitrogen and oxygen atoms in total. The molecule has 1 aromatic carbocycles. The van der Waals surface area contributed by atoms with Gasteiger partial charge in [-0.3, -0.25) is 0 Å². The monoisotopic (exact) mass is 428 g/mol. The van der Waals surface area contributed by atoms with E-state index in [9.17, 15) is 0 Å². The molecule has 0 aromatic heterocycles. The number of alkyl halides is 1. The van der Waals surface area contributed by atoms with Crippen molar-refractivity contribution in [1.29, 1.82) is 0 Å². The molecule has 1 aromatic rings. The van der Waals surface area contributed by atoms with Gasteiger partial charge in [-0.2, -0.15) is 0 Å². The third-order valence-corrected chi connectivity index (χ3v) is 5.26. The van der Waals surface area contributed by atoms with Crippen LogP contribution in [0, 0.1) is 0 Å². The summed E-state index contributed by atoms with van der Waals surface area (Å²) in [6.07, 6.45) is 19.7. The van der Waals surface area contributed by atoms with E-state index in [-0.39, 0.29) is 0 Å². The molecule has 132 valence electrons. The van der Waals surface area contributed by atoms with Gasteiger partial charge in [0.15, 0.2) is 0 Å². The maximum Gasteiger partial charge on any atom is 0.00358 e. The summed E-state index contributed by atoms with van der Waals surface area (Å²) in [6.45, 7) is 2.29. The van der Waals surface area contributed by atoms with Gasteiger partial charge in [-0.25, -0.2) is 0 Å². The molecule has 0 unspecified atom stereocenters. The summed E-state index contributed by atoms with van der Waals surface area (Å²) in [4.78, 5) is 0. The second-order valence-corrected chi connectivity index (χ2v) is 7.97. The number of hydrogen-bond acceptors (Lipinski definition) is 0. The van der Waals surface area contributed by atoms with Crippen LogP contribution < -0.4 is 0 Å². The van der Waals surface area contributed by atoms with E-state index in [1.807, 2.05) is 0 Å². The van der Waals surface area contributed by atoms with E-state index in [1.165, 1.54) is 105 Å². The number of benzene rings is 1. The second kappa shape index (κ2) is 15.5. The number of unbranched alkanes of at least 4 members (excludes halogenated alkanes) is 11. The summed E-state index contributed by atoms with van der Waals surface area (Å²) >= 11 is 2.45. The van der Waals surface area contributed by atoms with Crippen LogP contribution in [0.15, 0.2) is 24.3 Å². The minimum atomic E-state index is 1.21. The van der Waals surface area contributed by atoms with Crippen LogP contribution >= 0.6 is 22.6 Å². The van der Waals surface area contributed by atoms with Gasteiger partial charge in [-0.05, 0) is 30.4 Å². The number of aryl methyl sites for hydroxylation is 2. The number of hydrogen-bond donors (Lipinski definition) is 0. The minimum Gasteiger partial charge on any atom is -0.0860 e. The Morgan fingerprint density at radius 3 is 1.39 bits per heavy atom. The molecule has 0 radical (unpaired) electrons. The second-order valence-electron chi connectivity index (χ2n) is 6.89. The first-order valence-electron chi connectivity index (χ1n) is 10.0. The molecule has 0 heterocycles. The molecule has 1 heteroatoms. The average Bonchev–Trinajstić information content (AvgIpc) is 2.57. The van der Waals surface area contributed by atoms with Crippen molar-refractivity contribution in [1.82, 2.24) is 0 Å². The Morgan fingerprint density at radius 1 is 0.565 bits per heavy atom. The van der Waals surface area contributed by atoms with E-state index in [4.69, 9.17) is 0 Å². The fourth-order valence-corrected chi connectivity index (χ4v) is 3.77. The van der Waals surface area contributed by atoms with Crippen molar-refractivity contribution in [3.05, 3.63) is 35.4 Å². The normalized spacial score (nSPS) is 11.0. The fourth-order valence-electron chi connectivity index (χ4n) is 3.15. The molecule has 0 fully saturated rings. The van der Waals surface area contributed by atoms with Gasteiger partial charge >= 0.3 is 0 Å². The van der Waals surface area contributed by atoms with E-state index >= 15 is 0 Å². The van der Waals surface area contributed by atoms with Gasteiger partial charge in [0.2, 0.25) is 0 Å². The molecule has 23 heavy (non-hydrogen) atoms. The maximum absolute atomic E-state index is 2.45. The average molecular weight is 428 g/mol. The SMILES string of the molecule is CCCCCCCCCCCCCCc1ccc(CCI)cc1. The largest absolute Gasteiger partial charge is 0.0860 e. The van der Waals surface area contributed by atoms with Gasteiger partial charge in [0.1, 0.15) is 0 Å². The van der Waals surface area contributed by atoms with Crippen LogP contribution in [-0.2, 0) is 12.8 Å². The number of halogens is 1. The van der Waals surface area contributed by atoms with E-state index < -0.39 is 0 Å². The minimum absolute atomic E-state index is 1.21. The molecule has 0 aliphatic heterocycles. The summed E-state index contributed by atoms with van der Waals surface area (Å²) in [5, 5.41) is 0. The molecule has 0 saturated carbocycles. The van der Waals surface area contributed by atoms with Gasteiger partial charge in [-0.1, -0.05) is 124 Å². The zero-order valence-electron chi connectivity index (χ0n) is 15.3. The van der Waals surface area contributed by atoms with Crippen molar-refractivity contribution in [2.45, 2.75) is 96.8 Å². The van der Waals surface area contributed by atoms with Crippen LogP contribution in [0.1, 0.15) is 95.1 Å². The molecule has 0 aliphatic rings. The Kier molecular flexibility index (Phi) is 14.1. The topological polar surface area (TPSA) is 0 Å². The summed E-state index contributed by atoms with van der Waals surface area (Å²) < 4.78 is 1.22. The predicted octanol–water partition coefficient (Wildman–Crippen LogP) is 7.91. The van der Waals surface area contributed by atoms with Gasteiger partial charge in [0.25, 0.3) is 0 Å². The zero-order valence-corrected chi connectivity index (χ0v) is 17.5. The highest BCUT2D eigenvalue weighted by atomic mass is 127. The Morgan fingerprint density at radius 2 is 0.957 bits per heavy atom. The molecule has 0 saturated heterocycles. The van der Waals surface area contributed by atoms with E-state index in [2.05, 4.69) is 53.8 Å². The fraction of sp³-hybridized carbons (Fsp3) is 0.727. The van der Waals surface area contributed by atoms with Crippen LogP contribution in [-0.4, -0.2) is 4.43 Å².